The first-order valence-corrected chi connectivity index (χ1v) is 7.35. The summed E-state index contributed by atoms with van der Waals surface area (Å²) in [5, 5.41) is -0.331. The molecule has 1 aliphatic carbocycles. The van der Waals surface area contributed by atoms with Crippen molar-refractivity contribution >= 4 is 17.6 Å². The van der Waals surface area contributed by atoms with Gasteiger partial charge in [-0.15, -0.1) is 0 Å². The molecule has 1 saturated heterocycles. The second kappa shape index (κ2) is 4.38. The lowest BCUT2D eigenvalue weighted by Gasteiger charge is -2.33. The SMILES string of the molecule is O=C1OC2(COC3(CCCCC3)O2)c2cnc(F)c(Cl)c21. The van der Waals surface area contributed by atoms with E-state index in [0.29, 0.717) is 5.56 Å². The van der Waals surface area contributed by atoms with E-state index in [9.17, 15) is 9.18 Å². The average molecular weight is 314 g/mol. The Hall–Kier alpha value is -1.24. The van der Waals surface area contributed by atoms with Crippen LogP contribution in [0.2, 0.25) is 5.02 Å². The van der Waals surface area contributed by atoms with Crippen molar-refractivity contribution in [2.24, 2.45) is 0 Å². The molecular formula is C14H13ClFNO4. The van der Waals surface area contributed by atoms with Gasteiger partial charge in [0.15, 0.2) is 5.79 Å². The molecule has 1 aromatic rings. The maximum absolute atomic E-state index is 13.4. The van der Waals surface area contributed by atoms with Crippen LogP contribution >= 0.6 is 11.6 Å². The zero-order valence-electron chi connectivity index (χ0n) is 11.2. The van der Waals surface area contributed by atoms with Gasteiger partial charge >= 0.3 is 5.97 Å². The first-order valence-electron chi connectivity index (χ1n) is 6.97. The maximum atomic E-state index is 13.4. The van der Waals surface area contributed by atoms with Crippen molar-refractivity contribution in [3.05, 3.63) is 28.3 Å². The number of aromatic nitrogens is 1. The highest BCUT2D eigenvalue weighted by atomic mass is 35.5. The van der Waals surface area contributed by atoms with E-state index in [1.165, 1.54) is 6.20 Å². The third-order valence-electron chi connectivity index (χ3n) is 4.34. The lowest BCUT2D eigenvalue weighted by Crippen LogP contribution is -2.37. The zero-order valence-corrected chi connectivity index (χ0v) is 11.9. The molecule has 3 heterocycles. The number of carbonyl (C=O) groups is 1. The standard InChI is InChI=1S/C14H13ClFNO4/c15-10-9-8(6-17-11(10)16)14(20-12(9)18)7-19-13(21-14)4-2-1-3-5-13/h6H,1-5,7H2. The van der Waals surface area contributed by atoms with E-state index in [1.807, 2.05) is 0 Å². The molecule has 21 heavy (non-hydrogen) atoms. The molecule has 2 fully saturated rings. The van der Waals surface area contributed by atoms with Crippen molar-refractivity contribution in [1.29, 1.82) is 0 Å². The van der Waals surface area contributed by atoms with Gasteiger partial charge in [0.2, 0.25) is 5.95 Å². The summed E-state index contributed by atoms with van der Waals surface area (Å²) in [7, 11) is 0. The number of rotatable bonds is 0. The molecular weight excluding hydrogens is 301 g/mol. The summed E-state index contributed by atoms with van der Waals surface area (Å²) >= 11 is 5.84. The van der Waals surface area contributed by atoms with Gasteiger partial charge in [0.05, 0.1) is 11.1 Å². The molecule has 7 heteroatoms. The monoisotopic (exact) mass is 313 g/mol. The fourth-order valence-corrected chi connectivity index (χ4v) is 3.54. The van der Waals surface area contributed by atoms with E-state index in [2.05, 4.69) is 4.98 Å². The normalized spacial score (nSPS) is 29.9. The van der Waals surface area contributed by atoms with Crippen LogP contribution in [-0.2, 0) is 20.0 Å². The van der Waals surface area contributed by atoms with Crippen LogP contribution in [0.15, 0.2) is 6.20 Å². The number of hydrogen-bond acceptors (Lipinski definition) is 5. The number of halogens is 2. The smallest absolute Gasteiger partial charge is 0.343 e. The van der Waals surface area contributed by atoms with Gasteiger partial charge in [-0.25, -0.2) is 9.78 Å². The van der Waals surface area contributed by atoms with Crippen molar-refractivity contribution in [2.75, 3.05) is 6.61 Å². The average Bonchev–Trinajstić information content (AvgIpc) is 2.94. The molecule has 5 nitrogen and oxygen atoms in total. The van der Waals surface area contributed by atoms with Gasteiger partial charge in [-0.05, 0) is 12.8 Å². The van der Waals surface area contributed by atoms with Crippen LogP contribution in [-0.4, -0.2) is 23.3 Å². The lowest BCUT2D eigenvalue weighted by atomic mass is 9.94. The summed E-state index contributed by atoms with van der Waals surface area (Å²) in [5.41, 5.74) is 0.335. The van der Waals surface area contributed by atoms with E-state index >= 15 is 0 Å². The highest BCUT2D eigenvalue weighted by Crippen LogP contribution is 2.51. The van der Waals surface area contributed by atoms with Crippen molar-refractivity contribution < 1.29 is 23.4 Å². The number of hydrogen-bond donors (Lipinski definition) is 0. The van der Waals surface area contributed by atoms with E-state index in [0.717, 1.165) is 32.1 Å². The number of esters is 1. The van der Waals surface area contributed by atoms with Gasteiger partial charge in [0.25, 0.3) is 5.79 Å². The minimum absolute atomic E-state index is 0.0133. The van der Waals surface area contributed by atoms with Gasteiger partial charge in [-0.3, -0.25) is 0 Å². The predicted molar refractivity (Wildman–Crippen MR) is 69.2 cm³/mol. The fraction of sp³-hybridized carbons (Fsp3) is 0.571. The number of fused-ring (bicyclic) bond motifs is 2. The molecule has 3 aliphatic rings. The highest BCUT2D eigenvalue weighted by molar-refractivity contribution is 6.34. The maximum Gasteiger partial charge on any atom is 0.343 e. The summed E-state index contributed by atoms with van der Waals surface area (Å²) in [5.74, 6) is -3.65. The van der Waals surface area contributed by atoms with Crippen LogP contribution < -0.4 is 0 Å². The Kier molecular flexibility index (Phi) is 2.80. The second-order valence-electron chi connectivity index (χ2n) is 5.66. The van der Waals surface area contributed by atoms with Crippen molar-refractivity contribution in [3.8, 4) is 0 Å². The Bertz CT molecular complexity index is 632. The molecule has 1 atom stereocenters. The van der Waals surface area contributed by atoms with E-state index in [-0.39, 0.29) is 17.2 Å². The van der Waals surface area contributed by atoms with Crippen molar-refractivity contribution in [2.45, 2.75) is 43.7 Å². The number of ether oxygens (including phenoxy) is 3. The Morgan fingerprint density at radius 2 is 2.05 bits per heavy atom. The third-order valence-corrected chi connectivity index (χ3v) is 4.69. The molecule has 2 spiro atoms. The van der Waals surface area contributed by atoms with Gasteiger partial charge in [-0.1, -0.05) is 18.0 Å². The fourth-order valence-electron chi connectivity index (χ4n) is 3.31. The number of nitrogens with zero attached hydrogens (tertiary/aromatic N) is 1. The summed E-state index contributed by atoms with van der Waals surface area (Å²) in [6.45, 7) is 0.0788. The molecule has 1 unspecified atom stereocenters. The Labute approximate surface area is 125 Å². The van der Waals surface area contributed by atoms with Crippen LogP contribution in [0.5, 0.6) is 0 Å². The largest absolute Gasteiger partial charge is 0.422 e. The van der Waals surface area contributed by atoms with Crippen molar-refractivity contribution in [1.82, 2.24) is 4.98 Å². The predicted octanol–water partition coefficient (Wildman–Crippen LogP) is 2.90. The van der Waals surface area contributed by atoms with Crippen molar-refractivity contribution in [3.63, 3.8) is 0 Å². The first-order chi connectivity index (χ1) is 10.1. The molecule has 0 radical (unpaired) electrons. The molecule has 0 aromatic carbocycles. The minimum atomic E-state index is -1.34. The van der Waals surface area contributed by atoms with Crippen LogP contribution in [0.4, 0.5) is 4.39 Å². The highest BCUT2D eigenvalue weighted by Gasteiger charge is 2.59. The Balaban J connectivity index is 1.76. The van der Waals surface area contributed by atoms with Crippen LogP contribution in [0, 0.1) is 5.95 Å². The van der Waals surface area contributed by atoms with Crippen LogP contribution in [0.25, 0.3) is 0 Å². The zero-order chi connectivity index (χ0) is 14.7. The van der Waals surface area contributed by atoms with Gasteiger partial charge in [-0.2, -0.15) is 4.39 Å². The summed E-state index contributed by atoms with van der Waals surface area (Å²) in [4.78, 5) is 15.6. The third kappa shape index (κ3) is 1.82. The quantitative estimate of drug-likeness (QED) is 0.544. The molecule has 0 amide bonds. The van der Waals surface area contributed by atoms with E-state index < -0.39 is 23.5 Å². The molecule has 1 saturated carbocycles. The summed E-state index contributed by atoms with van der Waals surface area (Å²) in [6.07, 6.45) is 5.88. The molecule has 112 valence electrons. The minimum Gasteiger partial charge on any atom is -0.422 e. The molecule has 0 N–H and O–H groups in total. The summed E-state index contributed by atoms with van der Waals surface area (Å²) in [6, 6.07) is 0. The van der Waals surface area contributed by atoms with Crippen LogP contribution in [0.1, 0.15) is 48.0 Å². The Morgan fingerprint density at radius 1 is 1.29 bits per heavy atom. The Morgan fingerprint density at radius 3 is 2.81 bits per heavy atom. The molecule has 1 aromatic heterocycles. The lowest BCUT2D eigenvalue weighted by molar-refractivity contribution is -0.256. The van der Waals surface area contributed by atoms with Crippen LogP contribution in [0.3, 0.4) is 0 Å². The molecule has 2 aliphatic heterocycles. The molecule has 4 rings (SSSR count). The second-order valence-corrected chi connectivity index (χ2v) is 6.03. The van der Waals surface area contributed by atoms with E-state index in [4.69, 9.17) is 25.8 Å². The molecule has 0 bridgehead atoms. The van der Waals surface area contributed by atoms with Gasteiger partial charge in [0.1, 0.15) is 11.6 Å². The summed E-state index contributed by atoms with van der Waals surface area (Å²) < 4.78 is 30.7. The number of carbonyl (C=O) groups excluding carboxylic acids is 1. The number of pyridine rings is 1. The van der Waals surface area contributed by atoms with E-state index in [1.54, 1.807) is 0 Å². The first kappa shape index (κ1) is 13.4. The topological polar surface area (TPSA) is 57.7 Å². The van der Waals surface area contributed by atoms with Gasteiger partial charge in [0, 0.05) is 19.0 Å². The van der Waals surface area contributed by atoms with Gasteiger partial charge < -0.3 is 14.2 Å².